The number of rotatable bonds is 4. The second kappa shape index (κ2) is 6.86. The van der Waals surface area contributed by atoms with Crippen LogP contribution in [-0.4, -0.2) is 24.3 Å². The van der Waals surface area contributed by atoms with Gasteiger partial charge in [-0.3, -0.25) is 0 Å². The Morgan fingerprint density at radius 1 is 1.20 bits per heavy atom. The van der Waals surface area contributed by atoms with Gasteiger partial charge in [0.05, 0.1) is 7.11 Å². The Kier molecular flexibility index (Phi) is 4.90. The minimum Gasteiger partial charge on any atom is -0.497 e. The van der Waals surface area contributed by atoms with Crippen molar-refractivity contribution in [3.63, 3.8) is 0 Å². The number of anilines is 1. The summed E-state index contributed by atoms with van der Waals surface area (Å²) in [6.45, 7) is 0. The molecule has 0 unspecified atom stereocenters. The fourth-order valence-corrected chi connectivity index (χ4v) is 1.88. The van der Waals surface area contributed by atoms with Crippen molar-refractivity contribution in [3.05, 3.63) is 53.7 Å². The number of hydrogen-bond acceptors (Lipinski definition) is 3. The quantitative estimate of drug-likeness (QED) is 0.846. The molecule has 104 valence electrons. The lowest BCUT2D eigenvalue weighted by Crippen LogP contribution is -2.24. The van der Waals surface area contributed by atoms with Gasteiger partial charge in [-0.15, -0.1) is 0 Å². The molecule has 0 spiro atoms. The molecule has 1 aromatic carbocycles. The summed E-state index contributed by atoms with van der Waals surface area (Å²) in [6, 6.07) is 13.8. The van der Waals surface area contributed by atoms with Crippen LogP contribution in [0.25, 0.3) is 0 Å². The van der Waals surface area contributed by atoms with Crippen LogP contribution >= 0.6 is 12.2 Å². The first-order valence-electron chi connectivity index (χ1n) is 6.29. The SMILES string of the molecule is CNC(=S)Nc1cccc(Cc2ccc(OC)cc2)n1. The summed E-state index contributed by atoms with van der Waals surface area (Å²) in [7, 11) is 3.44. The highest BCUT2D eigenvalue weighted by atomic mass is 32.1. The van der Waals surface area contributed by atoms with E-state index in [0.717, 1.165) is 23.7 Å². The first-order chi connectivity index (χ1) is 9.71. The number of ether oxygens (including phenoxy) is 1. The van der Waals surface area contributed by atoms with Gasteiger partial charge in [0.1, 0.15) is 11.6 Å². The van der Waals surface area contributed by atoms with E-state index in [4.69, 9.17) is 17.0 Å². The summed E-state index contributed by atoms with van der Waals surface area (Å²) >= 11 is 5.06. The van der Waals surface area contributed by atoms with E-state index in [1.807, 2.05) is 42.5 Å². The fourth-order valence-electron chi connectivity index (χ4n) is 1.78. The van der Waals surface area contributed by atoms with E-state index in [2.05, 4.69) is 15.6 Å². The minimum atomic E-state index is 0.555. The van der Waals surface area contributed by atoms with Gasteiger partial charge in [0.25, 0.3) is 0 Å². The van der Waals surface area contributed by atoms with Crippen LogP contribution in [0.5, 0.6) is 5.75 Å². The van der Waals surface area contributed by atoms with E-state index < -0.39 is 0 Å². The Hall–Kier alpha value is -2.14. The molecule has 0 saturated carbocycles. The lowest BCUT2D eigenvalue weighted by molar-refractivity contribution is 0.414. The molecule has 0 bridgehead atoms. The minimum absolute atomic E-state index is 0.555. The maximum atomic E-state index is 5.15. The Bertz CT molecular complexity index is 584. The van der Waals surface area contributed by atoms with Gasteiger partial charge < -0.3 is 15.4 Å². The molecular weight excluding hydrogens is 270 g/mol. The molecule has 4 nitrogen and oxygen atoms in total. The maximum Gasteiger partial charge on any atom is 0.171 e. The molecule has 0 fully saturated rings. The smallest absolute Gasteiger partial charge is 0.171 e. The number of nitrogens with zero attached hydrogens (tertiary/aromatic N) is 1. The third-order valence-electron chi connectivity index (χ3n) is 2.82. The molecule has 1 heterocycles. The van der Waals surface area contributed by atoms with E-state index in [0.29, 0.717) is 5.11 Å². The van der Waals surface area contributed by atoms with Gasteiger partial charge in [-0.05, 0) is 42.0 Å². The Balaban J connectivity index is 2.08. The number of aromatic nitrogens is 1. The summed E-state index contributed by atoms with van der Waals surface area (Å²) in [5, 5.41) is 6.44. The molecule has 1 aromatic heterocycles. The first-order valence-corrected chi connectivity index (χ1v) is 6.69. The lowest BCUT2D eigenvalue weighted by atomic mass is 10.1. The molecule has 0 saturated heterocycles. The number of nitrogens with one attached hydrogen (secondary N) is 2. The monoisotopic (exact) mass is 287 g/mol. The summed E-state index contributed by atoms with van der Waals surface area (Å²) in [6.07, 6.45) is 0.770. The molecule has 0 amide bonds. The topological polar surface area (TPSA) is 46.2 Å². The van der Waals surface area contributed by atoms with Crippen LogP contribution in [0.2, 0.25) is 0 Å². The second-order valence-corrected chi connectivity index (χ2v) is 4.65. The zero-order valence-electron chi connectivity index (χ0n) is 11.5. The van der Waals surface area contributed by atoms with Crippen LogP contribution in [-0.2, 0) is 6.42 Å². The van der Waals surface area contributed by atoms with Crippen molar-refractivity contribution in [2.24, 2.45) is 0 Å². The average molecular weight is 287 g/mol. The molecule has 2 aromatic rings. The molecule has 0 aliphatic heterocycles. The number of benzene rings is 1. The maximum absolute atomic E-state index is 5.15. The van der Waals surface area contributed by atoms with Gasteiger partial charge in [-0.25, -0.2) is 4.98 Å². The van der Waals surface area contributed by atoms with E-state index in [-0.39, 0.29) is 0 Å². The van der Waals surface area contributed by atoms with Crippen LogP contribution in [0.15, 0.2) is 42.5 Å². The van der Waals surface area contributed by atoms with E-state index >= 15 is 0 Å². The van der Waals surface area contributed by atoms with Crippen molar-refractivity contribution >= 4 is 23.1 Å². The molecule has 0 atom stereocenters. The zero-order chi connectivity index (χ0) is 14.4. The van der Waals surface area contributed by atoms with Gasteiger partial charge in [0.15, 0.2) is 5.11 Å². The van der Waals surface area contributed by atoms with E-state index in [1.54, 1.807) is 14.2 Å². The third-order valence-corrected chi connectivity index (χ3v) is 3.13. The Labute approximate surface area is 124 Å². The number of methoxy groups -OCH3 is 1. The lowest BCUT2D eigenvalue weighted by Gasteiger charge is -2.08. The largest absolute Gasteiger partial charge is 0.497 e. The summed E-state index contributed by atoms with van der Waals surface area (Å²) in [5.74, 6) is 1.60. The number of hydrogen-bond donors (Lipinski definition) is 2. The van der Waals surface area contributed by atoms with Gasteiger partial charge >= 0.3 is 0 Å². The van der Waals surface area contributed by atoms with E-state index in [1.165, 1.54) is 5.56 Å². The Morgan fingerprint density at radius 2 is 1.95 bits per heavy atom. The van der Waals surface area contributed by atoms with Gasteiger partial charge in [0.2, 0.25) is 0 Å². The van der Waals surface area contributed by atoms with E-state index in [9.17, 15) is 0 Å². The highest BCUT2D eigenvalue weighted by Gasteiger charge is 2.01. The predicted molar refractivity (Wildman–Crippen MR) is 85.3 cm³/mol. The van der Waals surface area contributed by atoms with Crippen LogP contribution in [0.4, 0.5) is 5.82 Å². The average Bonchev–Trinajstić information content (AvgIpc) is 2.48. The van der Waals surface area contributed by atoms with Crippen molar-refractivity contribution in [2.75, 3.05) is 19.5 Å². The van der Waals surface area contributed by atoms with Gasteiger partial charge in [0, 0.05) is 19.2 Å². The predicted octanol–water partition coefficient (Wildman–Crippen LogP) is 2.60. The summed E-state index contributed by atoms with van der Waals surface area (Å²) in [4.78, 5) is 4.53. The number of thiocarbonyl (C=S) groups is 1. The third kappa shape index (κ3) is 3.93. The fraction of sp³-hybridized carbons (Fsp3) is 0.200. The van der Waals surface area contributed by atoms with Crippen LogP contribution < -0.4 is 15.4 Å². The molecule has 2 rings (SSSR count). The Morgan fingerprint density at radius 3 is 2.60 bits per heavy atom. The second-order valence-electron chi connectivity index (χ2n) is 4.24. The normalized spacial score (nSPS) is 9.90. The highest BCUT2D eigenvalue weighted by Crippen LogP contribution is 2.15. The van der Waals surface area contributed by atoms with Crippen LogP contribution in [0, 0.1) is 0 Å². The van der Waals surface area contributed by atoms with Crippen LogP contribution in [0.1, 0.15) is 11.3 Å². The van der Waals surface area contributed by atoms with Crippen molar-refractivity contribution < 1.29 is 4.74 Å². The van der Waals surface area contributed by atoms with Crippen LogP contribution in [0.3, 0.4) is 0 Å². The van der Waals surface area contributed by atoms with Crippen molar-refractivity contribution in [2.45, 2.75) is 6.42 Å². The standard InChI is InChI=1S/C15H17N3OS/c1-16-15(20)18-14-5-3-4-12(17-14)10-11-6-8-13(19-2)9-7-11/h3-9H,10H2,1-2H3,(H2,16,17,18,20). The molecule has 0 aliphatic rings. The van der Waals surface area contributed by atoms with Crippen molar-refractivity contribution in [3.8, 4) is 5.75 Å². The molecular formula is C15H17N3OS. The number of pyridine rings is 1. The van der Waals surface area contributed by atoms with Crippen molar-refractivity contribution in [1.29, 1.82) is 0 Å². The highest BCUT2D eigenvalue weighted by molar-refractivity contribution is 7.80. The van der Waals surface area contributed by atoms with Gasteiger partial charge in [-0.1, -0.05) is 18.2 Å². The summed E-state index contributed by atoms with van der Waals surface area (Å²) in [5.41, 5.74) is 2.17. The first kappa shape index (κ1) is 14.3. The van der Waals surface area contributed by atoms with Crippen molar-refractivity contribution in [1.82, 2.24) is 10.3 Å². The summed E-state index contributed by atoms with van der Waals surface area (Å²) < 4.78 is 5.15. The molecule has 20 heavy (non-hydrogen) atoms. The molecule has 0 aliphatic carbocycles. The molecule has 5 heteroatoms. The molecule has 2 N–H and O–H groups in total. The molecule has 0 radical (unpaired) electrons. The van der Waals surface area contributed by atoms with Gasteiger partial charge in [-0.2, -0.15) is 0 Å². The zero-order valence-corrected chi connectivity index (χ0v) is 12.3.